The highest BCUT2D eigenvalue weighted by Crippen LogP contribution is 2.24. The maximum absolute atomic E-state index is 12.3. The van der Waals surface area contributed by atoms with Crippen LogP contribution in [0.4, 0.5) is 0 Å². The third-order valence-electron chi connectivity index (χ3n) is 3.20. The van der Waals surface area contributed by atoms with Crippen molar-refractivity contribution in [3.05, 3.63) is 51.7 Å². The molecule has 3 rings (SSSR count). The largest absolute Gasteiger partial charge is 0.343 e. The second-order valence-electron chi connectivity index (χ2n) is 4.59. The smallest absolute Gasteiger partial charge is 0.272 e. The minimum absolute atomic E-state index is 0.0411. The van der Waals surface area contributed by atoms with Gasteiger partial charge in [0.2, 0.25) is 0 Å². The van der Waals surface area contributed by atoms with Crippen molar-refractivity contribution in [2.45, 2.75) is 19.4 Å². The molecule has 1 atom stereocenters. The summed E-state index contributed by atoms with van der Waals surface area (Å²) in [5.74, 6) is -0.144. The summed E-state index contributed by atoms with van der Waals surface area (Å²) < 4.78 is 0. The van der Waals surface area contributed by atoms with Crippen molar-refractivity contribution in [3.63, 3.8) is 0 Å². The molecule has 0 radical (unpaired) electrons. The first-order valence-electron chi connectivity index (χ1n) is 6.71. The van der Waals surface area contributed by atoms with Gasteiger partial charge in [-0.3, -0.25) is 9.89 Å². The maximum Gasteiger partial charge on any atom is 0.272 e. The average molecular weight is 317 g/mol. The highest BCUT2D eigenvalue weighted by Gasteiger charge is 2.17. The lowest BCUT2D eigenvalue weighted by atomic mass is 10.2. The quantitative estimate of drug-likeness (QED) is 0.745. The van der Waals surface area contributed by atoms with Gasteiger partial charge in [-0.2, -0.15) is 5.10 Å². The highest BCUT2D eigenvalue weighted by atomic mass is 32.1. The van der Waals surface area contributed by atoms with E-state index in [1.54, 1.807) is 28.7 Å². The van der Waals surface area contributed by atoms with Gasteiger partial charge in [-0.1, -0.05) is 19.1 Å². The van der Waals surface area contributed by atoms with Gasteiger partial charge >= 0.3 is 0 Å². The molecule has 2 N–H and O–H groups in total. The molecule has 3 heterocycles. The van der Waals surface area contributed by atoms with E-state index in [1.807, 2.05) is 35.0 Å². The van der Waals surface area contributed by atoms with Gasteiger partial charge in [-0.25, -0.2) is 0 Å². The van der Waals surface area contributed by atoms with Crippen LogP contribution in [0.1, 0.15) is 34.8 Å². The molecule has 0 aliphatic carbocycles. The standard InChI is InChI=1S/C15H15N3OS2/c1-2-10(13-5-3-7-20-13)16-15(19)12-9-11(17-18-12)14-6-4-8-21-14/h3-10H,2H2,1H3,(H,16,19)(H,17,18). The van der Waals surface area contributed by atoms with E-state index in [0.29, 0.717) is 5.69 Å². The molecule has 0 aromatic carbocycles. The third kappa shape index (κ3) is 3.06. The van der Waals surface area contributed by atoms with Gasteiger partial charge in [0.1, 0.15) is 0 Å². The van der Waals surface area contributed by atoms with Crippen LogP contribution in [0.25, 0.3) is 10.6 Å². The van der Waals surface area contributed by atoms with Crippen LogP contribution in [0.5, 0.6) is 0 Å². The van der Waals surface area contributed by atoms with Crippen LogP contribution < -0.4 is 5.32 Å². The number of nitrogens with one attached hydrogen (secondary N) is 2. The topological polar surface area (TPSA) is 57.8 Å². The van der Waals surface area contributed by atoms with Crippen LogP contribution in [-0.2, 0) is 0 Å². The number of carbonyl (C=O) groups is 1. The third-order valence-corrected chi connectivity index (χ3v) is 5.09. The van der Waals surface area contributed by atoms with Gasteiger partial charge < -0.3 is 5.32 Å². The fourth-order valence-corrected chi connectivity index (χ4v) is 3.65. The van der Waals surface area contributed by atoms with Crippen LogP contribution in [0, 0.1) is 0 Å². The number of nitrogens with zero attached hydrogens (tertiary/aromatic N) is 1. The Morgan fingerprint density at radius 3 is 2.81 bits per heavy atom. The number of hydrogen-bond acceptors (Lipinski definition) is 4. The van der Waals surface area contributed by atoms with Crippen molar-refractivity contribution in [1.82, 2.24) is 15.5 Å². The Hall–Kier alpha value is -1.92. The van der Waals surface area contributed by atoms with Crippen LogP contribution in [0.3, 0.4) is 0 Å². The number of carbonyl (C=O) groups excluding carboxylic acids is 1. The van der Waals surface area contributed by atoms with E-state index < -0.39 is 0 Å². The fraction of sp³-hybridized carbons (Fsp3) is 0.200. The first-order chi connectivity index (χ1) is 10.3. The number of aromatic nitrogens is 2. The summed E-state index contributed by atoms with van der Waals surface area (Å²) in [6.07, 6.45) is 0.856. The summed E-state index contributed by atoms with van der Waals surface area (Å²) in [5, 5.41) is 14.1. The maximum atomic E-state index is 12.3. The Kier molecular flexibility index (Phi) is 4.17. The minimum atomic E-state index is -0.144. The van der Waals surface area contributed by atoms with Crippen LogP contribution in [0.15, 0.2) is 41.1 Å². The molecule has 0 spiro atoms. The minimum Gasteiger partial charge on any atom is -0.343 e. The molecule has 108 valence electrons. The number of H-pyrrole nitrogens is 1. The molecule has 3 aromatic rings. The summed E-state index contributed by atoms with van der Waals surface area (Å²) in [6, 6.07) is 9.85. The van der Waals surface area contributed by atoms with E-state index >= 15 is 0 Å². The number of amides is 1. The normalized spacial score (nSPS) is 12.2. The second-order valence-corrected chi connectivity index (χ2v) is 6.52. The van der Waals surface area contributed by atoms with E-state index in [0.717, 1.165) is 17.0 Å². The Bertz CT molecular complexity index is 701. The summed E-state index contributed by atoms with van der Waals surface area (Å²) >= 11 is 3.27. The number of thiophene rings is 2. The molecule has 1 amide bonds. The Morgan fingerprint density at radius 1 is 1.33 bits per heavy atom. The zero-order valence-electron chi connectivity index (χ0n) is 11.5. The van der Waals surface area contributed by atoms with E-state index in [2.05, 4.69) is 22.4 Å². The van der Waals surface area contributed by atoms with Gasteiger partial charge in [0.05, 0.1) is 16.6 Å². The van der Waals surface area contributed by atoms with Crippen molar-refractivity contribution in [2.75, 3.05) is 0 Å². The van der Waals surface area contributed by atoms with Crippen LogP contribution >= 0.6 is 22.7 Å². The molecule has 6 heteroatoms. The zero-order valence-corrected chi connectivity index (χ0v) is 13.1. The molecule has 3 aromatic heterocycles. The Morgan fingerprint density at radius 2 is 2.14 bits per heavy atom. The van der Waals surface area contributed by atoms with Gasteiger partial charge in [0.25, 0.3) is 5.91 Å². The van der Waals surface area contributed by atoms with Gasteiger partial charge in [0, 0.05) is 4.88 Å². The molecular formula is C15H15N3OS2. The lowest BCUT2D eigenvalue weighted by Gasteiger charge is -2.14. The Labute approximate surface area is 130 Å². The molecule has 0 fully saturated rings. The zero-order chi connectivity index (χ0) is 14.7. The van der Waals surface area contributed by atoms with Crippen LogP contribution in [0.2, 0.25) is 0 Å². The lowest BCUT2D eigenvalue weighted by Crippen LogP contribution is -2.27. The monoisotopic (exact) mass is 317 g/mol. The van der Waals surface area contributed by atoms with Crippen molar-refractivity contribution >= 4 is 28.6 Å². The molecule has 0 bridgehead atoms. The molecule has 4 nitrogen and oxygen atoms in total. The Balaban J connectivity index is 1.73. The number of rotatable bonds is 5. The molecule has 0 saturated carbocycles. The lowest BCUT2D eigenvalue weighted by molar-refractivity contribution is 0.0931. The summed E-state index contributed by atoms with van der Waals surface area (Å²) in [7, 11) is 0. The molecular weight excluding hydrogens is 302 g/mol. The second kappa shape index (κ2) is 6.24. The van der Waals surface area contributed by atoms with E-state index in [1.165, 1.54) is 4.88 Å². The van der Waals surface area contributed by atoms with E-state index in [9.17, 15) is 4.79 Å². The SMILES string of the molecule is CCC(NC(=O)c1cc(-c2cccs2)[nH]n1)c1cccs1. The first-order valence-corrected chi connectivity index (χ1v) is 8.47. The number of aromatic amines is 1. The highest BCUT2D eigenvalue weighted by molar-refractivity contribution is 7.13. The van der Waals surface area contributed by atoms with Crippen molar-refractivity contribution < 1.29 is 4.79 Å². The van der Waals surface area contributed by atoms with E-state index in [4.69, 9.17) is 0 Å². The van der Waals surface area contributed by atoms with Crippen molar-refractivity contribution in [2.24, 2.45) is 0 Å². The van der Waals surface area contributed by atoms with Crippen LogP contribution in [-0.4, -0.2) is 16.1 Å². The van der Waals surface area contributed by atoms with Gasteiger partial charge in [0.15, 0.2) is 5.69 Å². The molecule has 0 aliphatic rings. The average Bonchev–Trinajstić information content (AvgIpc) is 3.26. The van der Waals surface area contributed by atoms with Crippen molar-refractivity contribution in [1.29, 1.82) is 0 Å². The fourth-order valence-electron chi connectivity index (χ4n) is 2.09. The molecule has 21 heavy (non-hydrogen) atoms. The van der Waals surface area contributed by atoms with Gasteiger partial charge in [-0.15, -0.1) is 22.7 Å². The molecule has 0 aliphatic heterocycles. The molecule has 0 saturated heterocycles. The predicted molar refractivity (Wildman–Crippen MR) is 86.7 cm³/mol. The summed E-state index contributed by atoms with van der Waals surface area (Å²) in [4.78, 5) is 14.5. The summed E-state index contributed by atoms with van der Waals surface area (Å²) in [5.41, 5.74) is 1.30. The first kappa shape index (κ1) is 14.0. The van der Waals surface area contributed by atoms with Gasteiger partial charge in [-0.05, 0) is 35.4 Å². The summed E-state index contributed by atoms with van der Waals surface area (Å²) in [6.45, 7) is 2.06. The predicted octanol–water partition coefficient (Wildman–Crippen LogP) is 4.08. The number of hydrogen-bond donors (Lipinski definition) is 2. The van der Waals surface area contributed by atoms with Crippen molar-refractivity contribution in [3.8, 4) is 10.6 Å². The molecule has 1 unspecified atom stereocenters. The van der Waals surface area contributed by atoms with E-state index in [-0.39, 0.29) is 11.9 Å².